The smallest absolute Gasteiger partial charge is 0.230 e. The summed E-state index contributed by atoms with van der Waals surface area (Å²) in [5.41, 5.74) is 0. The highest BCUT2D eigenvalue weighted by Gasteiger charge is 2.09. The minimum atomic E-state index is 0.616. The van der Waals surface area contributed by atoms with E-state index < -0.39 is 0 Å². The van der Waals surface area contributed by atoms with Gasteiger partial charge in [-0.2, -0.15) is 0 Å². The zero-order valence-corrected chi connectivity index (χ0v) is 11.4. The second kappa shape index (κ2) is 5.46. The molecule has 2 rings (SSSR count). The highest BCUT2D eigenvalue weighted by Crippen LogP contribution is 2.16. The van der Waals surface area contributed by atoms with Crippen molar-refractivity contribution in [3.05, 3.63) is 34.3 Å². The maximum absolute atomic E-state index is 5.44. The zero-order valence-electron chi connectivity index (χ0n) is 9.81. The molecule has 5 nitrogen and oxygen atoms in total. The predicted octanol–water partition coefficient (Wildman–Crippen LogP) is 2.62. The Hall–Kier alpha value is -1.14. The standard InChI is InChI=1S/C11H14BrN3O2/c1-3-10-13-14-11(17-10)7-15(2)6-8-4-5-9(12)16-8/h4-5H,3,6-7H2,1-2H3. The van der Waals surface area contributed by atoms with Crippen LogP contribution in [-0.4, -0.2) is 22.1 Å². The van der Waals surface area contributed by atoms with Crippen molar-refractivity contribution in [3.63, 3.8) is 0 Å². The van der Waals surface area contributed by atoms with Gasteiger partial charge in [-0.25, -0.2) is 0 Å². The van der Waals surface area contributed by atoms with E-state index in [1.54, 1.807) is 0 Å². The lowest BCUT2D eigenvalue weighted by atomic mass is 10.4. The average Bonchev–Trinajstić information content (AvgIpc) is 2.88. The molecule has 17 heavy (non-hydrogen) atoms. The molecule has 0 atom stereocenters. The molecule has 0 amide bonds. The summed E-state index contributed by atoms with van der Waals surface area (Å²) >= 11 is 3.28. The Morgan fingerprint density at radius 2 is 1.94 bits per heavy atom. The molecule has 2 aromatic heterocycles. The molecule has 0 aromatic carbocycles. The SMILES string of the molecule is CCc1nnc(CN(C)Cc2ccc(Br)o2)o1. The zero-order chi connectivity index (χ0) is 12.3. The summed E-state index contributed by atoms with van der Waals surface area (Å²) in [6, 6.07) is 3.82. The molecule has 0 aliphatic carbocycles. The van der Waals surface area contributed by atoms with E-state index in [1.165, 1.54) is 0 Å². The van der Waals surface area contributed by atoms with Crippen molar-refractivity contribution >= 4 is 15.9 Å². The van der Waals surface area contributed by atoms with Gasteiger partial charge < -0.3 is 8.83 Å². The molecule has 2 aromatic rings. The number of hydrogen-bond acceptors (Lipinski definition) is 5. The van der Waals surface area contributed by atoms with E-state index in [-0.39, 0.29) is 0 Å². The summed E-state index contributed by atoms with van der Waals surface area (Å²) < 4.78 is 11.6. The summed E-state index contributed by atoms with van der Waals surface area (Å²) in [5, 5.41) is 7.90. The Balaban J connectivity index is 1.90. The van der Waals surface area contributed by atoms with Gasteiger partial charge >= 0.3 is 0 Å². The van der Waals surface area contributed by atoms with E-state index >= 15 is 0 Å². The molecule has 0 aliphatic heterocycles. The quantitative estimate of drug-likeness (QED) is 0.849. The van der Waals surface area contributed by atoms with Gasteiger partial charge in [0.05, 0.1) is 13.1 Å². The molecule has 0 aliphatic rings. The predicted molar refractivity (Wildman–Crippen MR) is 65.3 cm³/mol. The molecular weight excluding hydrogens is 286 g/mol. The van der Waals surface area contributed by atoms with Gasteiger partial charge in [0.1, 0.15) is 5.76 Å². The monoisotopic (exact) mass is 299 g/mol. The first kappa shape index (κ1) is 12.3. The van der Waals surface area contributed by atoms with Gasteiger partial charge in [0.25, 0.3) is 0 Å². The number of aromatic nitrogens is 2. The van der Waals surface area contributed by atoms with Crippen LogP contribution in [0.3, 0.4) is 0 Å². The minimum absolute atomic E-state index is 0.616. The van der Waals surface area contributed by atoms with E-state index in [4.69, 9.17) is 8.83 Å². The molecule has 0 saturated carbocycles. The molecule has 0 unspecified atom stereocenters. The molecule has 92 valence electrons. The molecule has 6 heteroatoms. The van der Waals surface area contributed by atoms with Gasteiger partial charge in [0.15, 0.2) is 4.67 Å². The van der Waals surface area contributed by atoms with Gasteiger partial charge in [-0.3, -0.25) is 4.90 Å². The van der Waals surface area contributed by atoms with Crippen molar-refractivity contribution in [2.45, 2.75) is 26.4 Å². The van der Waals surface area contributed by atoms with Crippen LogP contribution in [0.25, 0.3) is 0 Å². The van der Waals surface area contributed by atoms with Crippen LogP contribution in [0, 0.1) is 0 Å². The van der Waals surface area contributed by atoms with Gasteiger partial charge in [0, 0.05) is 6.42 Å². The molecule has 2 heterocycles. The molecular formula is C11H14BrN3O2. The fraction of sp³-hybridized carbons (Fsp3) is 0.455. The third-order valence-corrected chi connectivity index (χ3v) is 2.70. The van der Waals surface area contributed by atoms with Crippen LogP contribution in [0.5, 0.6) is 0 Å². The minimum Gasteiger partial charge on any atom is -0.453 e. The second-order valence-electron chi connectivity index (χ2n) is 3.82. The molecule has 0 spiro atoms. The Morgan fingerprint density at radius 1 is 1.18 bits per heavy atom. The topological polar surface area (TPSA) is 55.3 Å². The summed E-state index contributed by atoms with van der Waals surface area (Å²) in [6.45, 7) is 3.31. The van der Waals surface area contributed by atoms with Crippen molar-refractivity contribution in [3.8, 4) is 0 Å². The van der Waals surface area contributed by atoms with E-state index in [1.807, 2.05) is 26.1 Å². The first-order chi connectivity index (χ1) is 8.17. The largest absolute Gasteiger partial charge is 0.453 e. The van der Waals surface area contributed by atoms with Crippen LogP contribution < -0.4 is 0 Å². The first-order valence-electron chi connectivity index (χ1n) is 5.41. The van der Waals surface area contributed by atoms with Crippen molar-refractivity contribution in [2.75, 3.05) is 7.05 Å². The summed E-state index contributed by atoms with van der Waals surface area (Å²) in [4.78, 5) is 2.05. The highest BCUT2D eigenvalue weighted by atomic mass is 79.9. The van der Waals surface area contributed by atoms with Crippen LogP contribution in [0.15, 0.2) is 25.6 Å². The van der Waals surface area contributed by atoms with Crippen LogP contribution in [0.1, 0.15) is 24.5 Å². The van der Waals surface area contributed by atoms with E-state index in [9.17, 15) is 0 Å². The molecule has 0 fully saturated rings. The summed E-state index contributed by atoms with van der Waals surface area (Å²) in [7, 11) is 1.98. The van der Waals surface area contributed by atoms with E-state index in [0.29, 0.717) is 24.9 Å². The number of hydrogen-bond donors (Lipinski definition) is 0. The maximum atomic E-state index is 5.44. The number of furan rings is 1. The fourth-order valence-electron chi connectivity index (χ4n) is 1.48. The Morgan fingerprint density at radius 3 is 2.53 bits per heavy atom. The van der Waals surface area contributed by atoms with Gasteiger partial charge in [-0.05, 0) is 35.1 Å². The van der Waals surface area contributed by atoms with Crippen LogP contribution in [0.4, 0.5) is 0 Å². The lowest BCUT2D eigenvalue weighted by molar-refractivity contribution is 0.255. The average molecular weight is 300 g/mol. The molecule has 0 N–H and O–H groups in total. The Kier molecular flexibility index (Phi) is 3.96. The van der Waals surface area contributed by atoms with Crippen LogP contribution in [-0.2, 0) is 19.5 Å². The molecule has 0 saturated heterocycles. The summed E-state index contributed by atoms with van der Waals surface area (Å²) in [5.74, 6) is 2.21. The van der Waals surface area contributed by atoms with Crippen molar-refractivity contribution in [1.82, 2.24) is 15.1 Å². The van der Waals surface area contributed by atoms with Gasteiger partial charge in [0.2, 0.25) is 11.8 Å². The lowest BCUT2D eigenvalue weighted by Gasteiger charge is -2.11. The summed E-state index contributed by atoms with van der Waals surface area (Å²) in [6.07, 6.45) is 0.766. The number of rotatable bonds is 5. The maximum Gasteiger partial charge on any atom is 0.230 e. The van der Waals surface area contributed by atoms with Crippen molar-refractivity contribution < 1.29 is 8.83 Å². The molecule has 0 radical (unpaired) electrons. The number of halogens is 1. The van der Waals surface area contributed by atoms with Crippen LogP contribution in [0.2, 0.25) is 0 Å². The van der Waals surface area contributed by atoms with Gasteiger partial charge in [-0.1, -0.05) is 6.92 Å². The van der Waals surface area contributed by atoms with Crippen LogP contribution >= 0.6 is 15.9 Å². The van der Waals surface area contributed by atoms with E-state index in [0.717, 1.165) is 16.9 Å². The van der Waals surface area contributed by atoms with E-state index in [2.05, 4.69) is 31.0 Å². The first-order valence-corrected chi connectivity index (χ1v) is 6.20. The Labute approximate surface area is 108 Å². The van der Waals surface area contributed by atoms with Crippen molar-refractivity contribution in [2.24, 2.45) is 0 Å². The molecule has 0 bridgehead atoms. The lowest BCUT2D eigenvalue weighted by Crippen LogP contribution is -2.17. The number of aryl methyl sites for hydroxylation is 1. The third kappa shape index (κ3) is 3.41. The number of nitrogens with zero attached hydrogens (tertiary/aromatic N) is 3. The highest BCUT2D eigenvalue weighted by molar-refractivity contribution is 9.10. The third-order valence-electron chi connectivity index (χ3n) is 2.27. The van der Waals surface area contributed by atoms with Gasteiger partial charge in [-0.15, -0.1) is 10.2 Å². The fourth-order valence-corrected chi connectivity index (χ4v) is 1.82. The van der Waals surface area contributed by atoms with Crippen molar-refractivity contribution in [1.29, 1.82) is 0 Å². The second-order valence-corrected chi connectivity index (χ2v) is 4.60. The normalized spacial score (nSPS) is 11.3. The Bertz CT molecular complexity index is 481.